The second-order valence-electron chi connectivity index (χ2n) is 4.19. The molecular weight excluding hydrogens is 162 g/mol. The number of hydrogen-bond acceptors (Lipinski definition) is 2. The SMILES string of the molecule is CC.CC1COC2CN(C)CC2C1. The Hall–Kier alpha value is -0.0800. The van der Waals surface area contributed by atoms with Crippen LogP contribution in [-0.4, -0.2) is 37.7 Å². The Labute approximate surface area is 82.3 Å². The van der Waals surface area contributed by atoms with Gasteiger partial charge in [0.05, 0.1) is 6.10 Å². The van der Waals surface area contributed by atoms with Crippen LogP contribution in [0.1, 0.15) is 27.2 Å². The van der Waals surface area contributed by atoms with Crippen molar-refractivity contribution in [2.24, 2.45) is 11.8 Å². The van der Waals surface area contributed by atoms with Crippen LogP contribution < -0.4 is 0 Å². The summed E-state index contributed by atoms with van der Waals surface area (Å²) in [6.07, 6.45) is 1.92. The quantitative estimate of drug-likeness (QED) is 0.572. The van der Waals surface area contributed by atoms with E-state index in [2.05, 4.69) is 18.9 Å². The average Bonchev–Trinajstić information content (AvgIpc) is 2.48. The highest BCUT2D eigenvalue weighted by atomic mass is 16.5. The van der Waals surface area contributed by atoms with Gasteiger partial charge in [-0.25, -0.2) is 0 Å². The Balaban J connectivity index is 0.000000396. The summed E-state index contributed by atoms with van der Waals surface area (Å²) < 4.78 is 5.74. The van der Waals surface area contributed by atoms with Crippen molar-refractivity contribution >= 4 is 0 Å². The molecule has 2 saturated heterocycles. The zero-order valence-corrected chi connectivity index (χ0v) is 9.42. The van der Waals surface area contributed by atoms with E-state index in [9.17, 15) is 0 Å². The summed E-state index contributed by atoms with van der Waals surface area (Å²) in [7, 11) is 2.19. The summed E-state index contributed by atoms with van der Waals surface area (Å²) in [5, 5.41) is 0. The van der Waals surface area contributed by atoms with Gasteiger partial charge in [-0.3, -0.25) is 0 Å². The number of fused-ring (bicyclic) bond motifs is 1. The fourth-order valence-corrected chi connectivity index (χ4v) is 2.34. The van der Waals surface area contributed by atoms with E-state index < -0.39 is 0 Å². The Kier molecular flexibility index (Phi) is 4.20. The molecule has 78 valence electrons. The number of likely N-dealkylation sites (N-methyl/N-ethyl adjacent to an activating group) is 1. The molecule has 2 fully saturated rings. The number of rotatable bonds is 0. The van der Waals surface area contributed by atoms with Crippen LogP contribution in [-0.2, 0) is 4.74 Å². The van der Waals surface area contributed by atoms with Gasteiger partial charge < -0.3 is 9.64 Å². The summed E-state index contributed by atoms with van der Waals surface area (Å²) in [5.41, 5.74) is 0. The summed E-state index contributed by atoms with van der Waals surface area (Å²) in [6.45, 7) is 9.66. The van der Waals surface area contributed by atoms with E-state index in [-0.39, 0.29) is 0 Å². The highest BCUT2D eigenvalue weighted by molar-refractivity contribution is 4.87. The molecule has 0 amide bonds. The van der Waals surface area contributed by atoms with Gasteiger partial charge in [0, 0.05) is 19.7 Å². The smallest absolute Gasteiger partial charge is 0.0742 e. The maximum atomic E-state index is 5.74. The van der Waals surface area contributed by atoms with Crippen LogP contribution in [0.3, 0.4) is 0 Å². The van der Waals surface area contributed by atoms with E-state index >= 15 is 0 Å². The van der Waals surface area contributed by atoms with E-state index in [4.69, 9.17) is 4.74 Å². The fraction of sp³-hybridized carbons (Fsp3) is 1.00. The van der Waals surface area contributed by atoms with Crippen LogP contribution in [0.25, 0.3) is 0 Å². The summed E-state index contributed by atoms with van der Waals surface area (Å²) >= 11 is 0. The zero-order chi connectivity index (χ0) is 9.84. The van der Waals surface area contributed by atoms with Crippen molar-refractivity contribution in [3.63, 3.8) is 0 Å². The molecule has 0 N–H and O–H groups in total. The summed E-state index contributed by atoms with van der Waals surface area (Å²) in [6, 6.07) is 0. The highest BCUT2D eigenvalue weighted by Crippen LogP contribution is 2.30. The monoisotopic (exact) mass is 185 g/mol. The van der Waals surface area contributed by atoms with Gasteiger partial charge in [-0.1, -0.05) is 20.8 Å². The molecule has 0 aliphatic carbocycles. The average molecular weight is 185 g/mol. The number of likely N-dealkylation sites (tertiary alicyclic amines) is 1. The molecule has 0 aromatic heterocycles. The van der Waals surface area contributed by atoms with E-state index in [0.29, 0.717) is 6.10 Å². The molecule has 2 heterocycles. The predicted molar refractivity (Wildman–Crippen MR) is 55.9 cm³/mol. The minimum Gasteiger partial charge on any atom is -0.376 e. The van der Waals surface area contributed by atoms with Crippen LogP contribution in [0.4, 0.5) is 0 Å². The Morgan fingerprint density at radius 1 is 1.23 bits per heavy atom. The van der Waals surface area contributed by atoms with Crippen molar-refractivity contribution in [2.75, 3.05) is 26.7 Å². The lowest BCUT2D eigenvalue weighted by Gasteiger charge is -2.29. The zero-order valence-electron chi connectivity index (χ0n) is 9.42. The molecule has 0 saturated carbocycles. The molecule has 0 spiro atoms. The number of nitrogens with zero attached hydrogens (tertiary/aromatic N) is 1. The van der Waals surface area contributed by atoms with Gasteiger partial charge in [-0.2, -0.15) is 0 Å². The minimum atomic E-state index is 0.552. The maximum absolute atomic E-state index is 5.74. The van der Waals surface area contributed by atoms with Gasteiger partial charge in [0.15, 0.2) is 0 Å². The molecule has 2 nitrogen and oxygen atoms in total. The number of hydrogen-bond donors (Lipinski definition) is 0. The molecule has 3 unspecified atom stereocenters. The fourth-order valence-electron chi connectivity index (χ4n) is 2.34. The molecule has 0 radical (unpaired) electrons. The van der Waals surface area contributed by atoms with Gasteiger partial charge >= 0.3 is 0 Å². The van der Waals surface area contributed by atoms with Crippen molar-refractivity contribution in [1.29, 1.82) is 0 Å². The standard InChI is InChI=1S/C9H17NO.C2H6/c1-7-3-8-4-10(2)5-9(8)11-6-7;1-2/h7-9H,3-6H2,1-2H3;1-2H3. The third-order valence-corrected chi connectivity index (χ3v) is 2.86. The number of ether oxygens (including phenoxy) is 1. The molecule has 2 aliphatic rings. The molecule has 3 atom stereocenters. The Morgan fingerprint density at radius 2 is 1.92 bits per heavy atom. The lowest BCUT2D eigenvalue weighted by molar-refractivity contribution is -0.0279. The van der Waals surface area contributed by atoms with Crippen molar-refractivity contribution in [3.8, 4) is 0 Å². The first-order valence-electron chi connectivity index (χ1n) is 5.56. The minimum absolute atomic E-state index is 0.552. The van der Waals surface area contributed by atoms with Gasteiger partial charge in [0.25, 0.3) is 0 Å². The topological polar surface area (TPSA) is 12.5 Å². The van der Waals surface area contributed by atoms with Crippen LogP contribution in [0.5, 0.6) is 0 Å². The summed E-state index contributed by atoms with van der Waals surface area (Å²) in [4.78, 5) is 2.38. The van der Waals surface area contributed by atoms with Gasteiger partial charge in [-0.05, 0) is 25.3 Å². The molecule has 13 heavy (non-hydrogen) atoms. The maximum Gasteiger partial charge on any atom is 0.0742 e. The van der Waals surface area contributed by atoms with Gasteiger partial charge in [0.1, 0.15) is 0 Å². The Bertz CT molecular complexity index is 149. The third-order valence-electron chi connectivity index (χ3n) is 2.86. The van der Waals surface area contributed by atoms with Crippen LogP contribution in [0.15, 0.2) is 0 Å². The van der Waals surface area contributed by atoms with E-state index in [1.54, 1.807) is 0 Å². The Morgan fingerprint density at radius 3 is 2.62 bits per heavy atom. The van der Waals surface area contributed by atoms with E-state index in [1.807, 2.05) is 13.8 Å². The van der Waals surface area contributed by atoms with Crippen molar-refractivity contribution in [1.82, 2.24) is 4.90 Å². The van der Waals surface area contributed by atoms with Crippen molar-refractivity contribution in [2.45, 2.75) is 33.3 Å². The first-order valence-corrected chi connectivity index (χ1v) is 5.56. The van der Waals surface area contributed by atoms with Gasteiger partial charge in [-0.15, -0.1) is 0 Å². The predicted octanol–water partition coefficient (Wildman–Crippen LogP) is 2.00. The van der Waals surface area contributed by atoms with Crippen molar-refractivity contribution in [3.05, 3.63) is 0 Å². The lowest BCUT2D eigenvalue weighted by atomic mass is 9.91. The van der Waals surface area contributed by atoms with Crippen LogP contribution >= 0.6 is 0 Å². The normalized spacial score (nSPS) is 39.2. The molecular formula is C11H23NO. The van der Waals surface area contributed by atoms with E-state index in [1.165, 1.54) is 13.0 Å². The lowest BCUT2D eigenvalue weighted by Crippen LogP contribution is -2.32. The second-order valence-corrected chi connectivity index (χ2v) is 4.19. The molecule has 2 aliphatic heterocycles. The first kappa shape index (κ1) is 11.0. The molecule has 0 aromatic rings. The van der Waals surface area contributed by atoms with Crippen LogP contribution in [0, 0.1) is 11.8 Å². The van der Waals surface area contributed by atoms with Crippen molar-refractivity contribution < 1.29 is 4.74 Å². The van der Waals surface area contributed by atoms with E-state index in [0.717, 1.165) is 25.0 Å². The summed E-state index contributed by atoms with van der Waals surface area (Å²) in [5.74, 6) is 1.60. The largest absolute Gasteiger partial charge is 0.376 e. The van der Waals surface area contributed by atoms with Gasteiger partial charge in [0.2, 0.25) is 0 Å². The van der Waals surface area contributed by atoms with Crippen LogP contribution in [0.2, 0.25) is 0 Å². The first-order chi connectivity index (χ1) is 6.25. The molecule has 2 heteroatoms. The molecule has 2 rings (SSSR count). The second kappa shape index (κ2) is 4.97. The highest BCUT2D eigenvalue weighted by Gasteiger charge is 2.35. The molecule has 0 bridgehead atoms. The molecule has 0 aromatic carbocycles. The third kappa shape index (κ3) is 2.68.